The lowest BCUT2D eigenvalue weighted by molar-refractivity contribution is 0.617. The van der Waals surface area contributed by atoms with Crippen LogP contribution in [-0.2, 0) is 0 Å². The Morgan fingerprint density at radius 1 is 1.40 bits per heavy atom. The van der Waals surface area contributed by atoms with Crippen LogP contribution in [0.4, 0.5) is 0 Å². The summed E-state index contributed by atoms with van der Waals surface area (Å²) in [4.78, 5) is 1.14. The monoisotopic (exact) mass is 241 g/mol. The number of rotatable bonds is 5. The van der Waals surface area contributed by atoms with Gasteiger partial charge in [-0.15, -0.1) is 11.8 Å². The highest BCUT2D eigenvalue weighted by Gasteiger charge is 2.23. The third kappa shape index (κ3) is 3.71. The lowest BCUT2D eigenvalue weighted by atomic mass is 10.2. The van der Waals surface area contributed by atoms with Crippen molar-refractivity contribution in [1.82, 2.24) is 0 Å². The van der Waals surface area contributed by atoms with E-state index in [0.717, 1.165) is 21.6 Å². The minimum absolute atomic E-state index is 0.318. The molecule has 0 aliphatic heterocycles. The molecule has 0 radical (unpaired) electrons. The summed E-state index contributed by atoms with van der Waals surface area (Å²) >= 11 is 7.83. The molecule has 0 heterocycles. The van der Waals surface area contributed by atoms with Gasteiger partial charge in [-0.05, 0) is 24.5 Å². The van der Waals surface area contributed by atoms with Gasteiger partial charge in [0.25, 0.3) is 0 Å². The van der Waals surface area contributed by atoms with Gasteiger partial charge in [0.15, 0.2) is 0 Å². The summed E-state index contributed by atoms with van der Waals surface area (Å²) < 4.78 is 0. The van der Waals surface area contributed by atoms with Gasteiger partial charge in [-0.1, -0.05) is 36.6 Å². The molecule has 1 aromatic rings. The zero-order chi connectivity index (χ0) is 10.7. The Morgan fingerprint density at radius 2 is 2.13 bits per heavy atom. The van der Waals surface area contributed by atoms with Crippen molar-refractivity contribution in [3.05, 3.63) is 29.3 Å². The molecular formula is C12H16ClNS. The highest BCUT2D eigenvalue weighted by Crippen LogP contribution is 2.34. The molecule has 1 aromatic carbocycles. The largest absolute Gasteiger partial charge is 0.327 e. The van der Waals surface area contributed by atoms with Crippen molar-refractivity contribution in [3.8, 4) is 0 Å². The lowest BCUT2D eigenvalue weighted by Crippen LogP contribution is -2.23. The maximum absolute atomic E-state index is 6.06. The second-order valence-electron chi connectivity index (χ2n) is 4.18. The van der Waals surface area contributed by atoms with E-state index < -0.39 is 0 Å². The average molecular weight is 242 g/mol. The molecule has 2 N–H and O–H groups in total. The van der Waals surface area contributed by atoms with Gasteiger partial charge in [0.2, 0.25) is 0 Å². The zero-order valence-electron chi connectivity index (χ0n) is 8.66. The van der Waals surface area contributed by atoms with Gasteiger partial charge >= 0.3 is 0 Å². The normalized spacial score (nSPS) is 17.7. The summed E-state index contributed by atoms with van der Waals surface area (Å²) in [7, 11) is 0. The zero-order valence-corrected chi connectivity index (χ0v) is 10.2. The molecule has 0 aromatic heterocycles. The maximum Gasteiger partial charge on any atom is 0.0541 e. The van der Waals surface area contributed by atoms with Gasteiger partial charge in [-0.2, -0.15) is 0 Å². The molecule has 15 heavy (non-hydrogen) atoms. The number of benzene rings is 1. The summed E-state index contributed by atoms with van der Waals surface area (Å²) in [6.45, 7) is 0. The predicted molar refractivity (Wildman–Crippen MR) is 67.5 cm³/mol. The van der Waals surface area contributed by atoms with E-state index in [-0.39, 0.29) is 0 Å². The van der Waals surface area contributed by atoms with E-state index in [9.17, 15) is 0 Å². The van der Waals surface area contributed by atoms with E-state index in [4.69, 9.17) is 17.3 Å². The van der Waals surface area contributed by atoms with Crippen molar-refractivity contribution < 1.29 is 0 Å². The highest BCUT2D eigenvalue weighted by atomic mass is 35.5. The lowest BCUT2D eigenvalue weighted by Gasteiger charge is -2.10. The number of nitrogens with two attached hydrogens (primary N) is 1. The van der Waals surface area contributed by atoms with Crippen LogP contribution >= 0.6 is 23.4 Å². The van der Waals surface area contributed by atoms with E-state index >= 15 is 0 Å². The molecule has 0 spiro atoms. The van der Waals surface area contributed by atoms with E-state index in [2.05, 4.69) is 6.07 Å². The Hall–Kier alpha value is -0.180. The summed E-state index contributed by atoms with van der Waals surface area (Å²) in [5, 5.41) is 0.834. The molecule has 82 valence electrons. The van der Waals surface area contributed by atoms with E-state index in [1.54, 1.807) is 11.8 Å². The fourth-order valence-electron chi connectivity index (χ4n) is 1.61. The average Bonchev–Trinajstić information content (AvgIpc) is 3.00. The Bertz CT molecular complexity index is 325. The molecule has 2 rings (SSSR count). The van der Waals surface area contributed by atoms with Gasteiger partial charge in [-0.3, -0.25) is 0 Å². The molecule has 1 aliphatic rings. The molecule has 0 amide bonds. The highest BCUT2D eigenvalue weighted by molar-refractivity contribution is 7.99. The molecule has 3 heteroatoms. The van der Waals surface area contributed by atoms with E-state index in [0.29, 0.717) is 6.04 Å². The summed E-state index contributed by atoms with van der Waals surface area (Å²) in [5.41, 5.74) is 6.05. The molecule has 1 saturated carbocycles. The Kier molecular flexibility index (Phi) is 3.95. The smallest absolute Gasteiger partial charge is 0.0541 e. The minimum atomic E-state index is 0.318. The number of thioether (sulfide) groups is 1. The number of halogens is 1. The van der Waals surface area contributed by atoms with Crippen molar-refractivity contribution >= 4 is 23.4 Å². The van der Waals surface area contributed by atoms with Crippen LogP contribution in [0.5, 0.6) is 0 Å². The summed E-state index contributed by atoms with van der Waals surface area (Å²) in [5.74, 6) is 1.88. The van der Waals surface area contributed by atoms with Crippen LogP contribution in [-0.4, -0.2) is 11.8 Å². The van der Waals surface area contributed by atoms with Crippen molar-refractivity contribution in [2.75, 3.05) is 5.75 Å². The molecule has 1 nitrogen and oxygen atoms in total. The summed E-state index contributed by atoms with van der Waals surface area (Å²) in [6.07, 6.45) is 3.94. The first-order valence-corrected chi connectivity index (χ1v) is 6.75. The topological polar surface area (TPSA) is 26.0 Å². The standard InChI is InChI=1S/C12H16ClNS/c13-11-3-1-2-4-12(11)15-8-10(14)7-9-5-6-9/h1-4,9-10H,5-8,14H2. The number of hydrogen-bond donors (Lipinski definition) is 1. The SMILES string of the molecule is NC(CSc1ccccc1Cl)CC1CC1. The predicted octanol–water partition coefficient (Wildman–Crippen LogP) is 3.56. The van der Waals surface area contributed by atoms with Gasteiger partial charge < -0.3 is 5.73 Å². The van der Waals surface area contributed by atoms with Crippen molar-refractivity contribution in [2.24, 2.45) is 11.7 Å². The third-order valence-corrected chi connectivity index (χ3v) is 4.33. The molecule has 0 saturated heterocycles. The van der Waals surface area contributed by atoms with Crippen molar-refractivity contribution in [2.45, 2.75) is 30.2 Å². The van der Waals surface area contributed by atoms with Crippen LogP contribution in [0.3, 0.4) is 0 Å². The second-order valence-corrected chi connectivity index (χ2v) is 5.65. The van der Waals surface area contributed by atoms with Gasteiger partial charge in [-0.25, -0.2) is 0 Å². The first kappa shape index (κ1) is 11.3. The molecule has 1 unspecified atom stereocenters. The second kappa shape index (κ2) is 5.24. The molecule has 0 bridgehead atoms. The number of hydrogen-bond acceptors (Lipinski definition) is 2. The quantitative estimate of drug-likeness (QED) is 0.798. The Morgan fingerprint density at radius 3 is 2.80 bits per heavy atom. The van der Waals surface area contributed by atoms with Crippen LogP contribution in [0.15, 0.2) is 29.2 Å². The fraction of sp³-hybridized carbons (Fsp3) is 0.500. The third-order valence-electron chi connectivity index (χ3n) is 2.62. The fourth-order valence-corrected chi connectivity index (χ4v) is 2.82. The first-order valence-electron chi connectivity index (χ1n) is 5.38. The van der Waals surface area contributed by atoms with Gasteiger partial charge in [0, 0.05) is 16.7 Å². The van der Waals surface area contributed by atoms with Crippen LogP contribution < -0.4 is 5.73 Å². The summed E-state index contributed by atoms with van der Waals surface area (Å²) in [6, 6.07) is 8.27. The van der Waals surface area contributed by atoms with Crippen molar-refractivity contribution in [1.29, 1.82) is 0 Å². The van der Waals surface area contributed by atoms with Crippen LogP contribution in [0, 0.1) is 5.92 Å². The maximum atomic E-state index is 6.06. The van der Waals surface area contributed by atoms with Crippen molar-refractivity contribution in [3.63, 3.8) is 0 Å². The van der Waals surface area contributed by atoms with Gasteiger partial charge in [0.05, 0.1) is 5.02 Å². The molecule has 1 fully saturated rings. The first-order chi connectivity index (χ1) is 7.25. The molecular weight excluding hydrogens is 226 g/mol. The van der Waals surface area contributed by atoms with Crippen LogP contribution in [0.25, 0.3) is 0 Å². The van der Waals surface area contributed by atoms with E-state index in [1.807, 2.05) is 18.2 Å². The Balaban J connectivity index is 1.78. The molecule has 1 aliphatic carbocycles. The Labute approximate surface area is 100 Å². The minimum Gasteiger partial charge on any atom is -0.327 e. The van der Waals surface area contributed by atoms with Gasteiger partial charge in [0.1, 0.15) is 0 Å². The van der Waals surface area contributed by atoms with E-state index in [1.165, 1.54) is 19.3 Å². The molecule has 1 atom stereocenters. The van der Waals surface area contributed by atoms with Crippen LogP contribution in [0.2, 0.25) is 5.02 Å². The van der Waals surface area contributed by atoms with Crippen LogP contribution in [0.1, 0.15) is 19.3 Å².